The lowest BCUT2D eigenvalue weighted by molar-refractivity contribution is 0.0954. The van der Waals surface area contributed by atoms with E-state index in [9.17, 15) is 9.59 Å². The maximum Gasteiger partial charge on any atom is 0.268 e. The van der Waals surface area contributed by atoms with E-state index in [0.717, 1.165) is 5.56 Å². The third-order valence-electron chi connectivity index (χ3n) is 4.26. The molecule has 3 rings (SSSR count). The molecule has 28 heavy (non-hydrogen) atoms. The van der Waals surface area contributed by atoms with Crippen molar-refractivity contribution in [2.24, 2.45) is 0 Å². The highest BCUT2D eigenvalue weighted by atomic mass is 35.5. The van der Waals surface area contributed by atoms with E-state index in [2.05, 4.69) is 5.32 Å². The predicted octanol–water partition coefficient (Wildman–Crippen LogP) is 5.30. The summed E-state index contributed by atoms with van der Waals surface area (Å²) >= 11 is 13.6. The second kappa shape index (κ2) is 9.24. The molecule has 7 heteroatoms. The zero-order chi connectivity index (χ0) is 20.1. The number of hydrogen-bond donors (Lipinski definition) is 1. The van der Waals surface area contributed by atoms with Gasteiger partial charge in [-0.2, -0.15) is 0 Å². The Morgan fingerprint density at radius 1 is 1.04 bits per heavy atom. The number of amides is 2. The van der Waals surface area contributed by atoms with E-state index in [1.165, 1.54) is 16.2 Å². The van der Waals surface area contributed by atoms with Gasteiger partial charge in [0.2, 0.25) is 0 Å². The van der Waals surface area contributed by atoms with E-state index < -0.39 is 0 Å². The van der Waals surface area contributed by atoms with Crippen molar-refractivity contribution in [3.8, 4) is 0 Å². The molecule has 0 aliphatic carbocycles. The van der Waals surface area contributed by atoms with Gasteiger partial charge in [0.1, 0.15) is 0 Å². The van der Waals surface area contributed by atoms with Gasteiger partial charge in [-0.05, 0) is 41.6 Å². The molecule has 0 saturated heterocycles. The Morgan fingerprint density at radius 3 is 2.57 bits per heavy atom. The number of anilines is 1. The molecular formula is C21H18Cl2N2O2S. The van der Waals surface area contributed by atoms with Gasteiger partial charge in [0, 0.05) is 13.6 Å². The van der Waals surface area contributed by atoms with Crippen molar-refractivity contribution in [2.45, 2.75) is 6.42 Å². The van der Waals surface area contributed by atoms with Gasteiger partial charge < -0.3 is 10.2 Å². The van der Waals surface area contributed by atoms with E-state index >= 15 is 0 Å². The molecule has 4 nitrogen and oxygen atoms in total. The monoisotopic (exact) mass is 432 g/mol. The van der Waals surface area contributed by atoms with Crippen molar-refractivity contribution in [1.82, 2.24) is 5.32 Å². The van der Waals surface area contributed by atoms with Crippen LogP contribution in [0.2, 0.25) is 10.0 Å². The highest BCUT2D eigenvalue weighted by molar-refractivity contribution is 7.12. The average molecular weight is 433 g/mol. The fourth-order valence-corrected chi connectivity index (χ4v) is 3.89. The maximum atomic E-state index is 12.7. The Bertz CT molecular complexity index is 990. The fourth-order valence-electron chi connectivity index (χ4n) is 2.78. The molecule has 2 aromatic carbocycles. The van der Waals surface area contributed by atoms with E-state index in [1.807, 2.05) is 23.6 Å². The summed E-state index contributed by atoms with van der Waals surface area (Å²) in [6.07, 6.45) is 0.553. The van der Waals surface area contributed by atoms with Gasteiger partial charge >= 0.3 is 0 Å². The Balaban J connectivity index is 1.70. The van der Waals surface area contributed by atoms with E-state index in [-0.39, 0.29) is 11.8 Å². The van der Waals surface area contributed by atoms with Gasteiger partial charge in [-0.25, -0.2) is 0 Å². The molecule has 0 radical (unpaired) electrons. The summed E-state index contributed by atoms with van der Waals surface area (Å²) in [7, 11) is 1.67. The molecular weight excluding hydrogens is 415 g/mol. The Labute approximate surface area is 177 Å². The average Bonchev–Trinajstić information content (AvgIpc) is 3.25. The van der Waals surface area contributed by atoms with Gasteiger partial charge in [-0.3, -0.25) is 9.59 Å². The number of benzene rings is 2. The molecule has 0 aliphatic rings. The van der Waals surface area contributed by atoms with Crippen LogP contribution in [0.3, 0.4) is 0 Å². The quantitative estimate of drug-likeness (QED) is 0.573. The normalized spacial score (nSPS) is 10.5. The van der Waals surface area contributed by atoms with Crippen molar-refractivity contribution >= 4 is 52.0 Å². The molecule has 1 aromatic heterocycles. The van der Waals surface area contributed by atoms with Crippen molar-refractivity contribution in [3.05, 3.63) is 86.0 Å². The minimum atomic E-state index is -0.250. The minimum Gasteiger partial charge on any atom is -0.352 e. The van der Waals surface area contributed by atoms with Crippen molar-refractivity contribution in [2.75, 3.05) is 18.5 Å². The third kappa shape index (κ3) is 4.55. The molecule has 3 aromatic rings. The van der Waals surface area contributed by atoms with Crippen LogP contribution in [0.1, 0.15) is 25.6 Å². The number of para-hydroxylation sites is 1. The molecule has 144 valence electrons. The summed E-state index contributed by atoms with van der Waals surface area (Å²) in [5, 5.41) is 5.73. The van der Waals surface area contributed by atoms with Crippen molar-refractivity contribution in [3.63, 3.8) is 0 Å². The molecule has 1 heterocycles. The van der Waals surface area contributed by atoms with E-state index in [4.69, 9.17) is 23.2 Å². The zero-order valence-electron chi connectivity index (χ0n) is 15.1. The predicted molar refractivity (Wildman–Crippen MR) is 116 cm³/mol. The molecule has 0 saturated carbocycles. The summed E-state index contributed by atoms with van der Waals surface area (Å²) < 4.78 is 0. The maximum absolute atomic E-state index is 12.7. The van der Waals surface area contributed by atoms with Crippen LogP contribution in [-0.4, -0.2) is 25.4 Å². The lowest BCUT2D eigenvalue weighted by Crippen LogP contribution is -2.31. The Hall–Kier alpha value is -2.34. The highest BCUT2D eigenvalue weighted by Crippen LogP contribution is 2.26. The molecule has 0 fully saturated rings. The van der Waals surface area contributed by atoms with E-state index in [0.29, 0.717) is 39.1 Å². The van der Waals surface area contributed by atoms with Crippen LogP contribution in [-0.2, 0) is 6.42 Å². The summed E-state index contributed by atoms with van der Waals surface area (Å²) in [5.74, 6) is -0.402. The number of hydrogen-bond acceptors (Lipinski definition) is 3. The molecule has 0 atom stereocenters. The van der Waals surface area contributed by atoms with Crippen LogP contribution >= 0.6 is 34.5 Å². The first-order valence-corrected chi connectivity index (χ1v) is 10.2. The van der Waals surface area contributed by atoms with Gasteiger partial charge in [-0.15, -0.1) is 11.3 Å². The number of halogens is 2. The standard InChI is InChI=1S/C21H18Cl2N2O2S/c1-25(21(27)18-10-5-13-28-18)17-9-3-2-7-15(17)20(26)24-12-11-14-6-4-8-16(22)19(14)23/h2-10,13H,11-12H2,1H3,(H,24,26). The molecule has 0 spiro atoms. The highest BCUT2D eigenvalue weighted by Gasteiger charge is 2.20. The number of carbonyl (C=O) groups excluding carboxylic acids is 2. The summed E-state index contributed by atoms with van der Waals surface area (Å²) in [5.41, 5.74) is 1.86. The third-order valence-corrected chi connectivity index (χ3v) is 5.97. The summed E-state index contributed by atoms with van der Waals surface area (Å²) in [6.45, 7) is 0.399. The second-order valence-electron chi connectivity index (χ2n) is 6.08. The molecule has 0 aliphatic heterocycles. The van der Waals surface area contributed by atoms with Crippen molar-refractivity contribution < 1.29 is 9.59 Å². The first-order valence-electron chi connectivity index (χ1n) is 8.60. The van der Waals surface area contributed by atoms with Crippen LogP contribution in [0.25, 0.3) is 0 Å². The first-order chi connectivity index (χ1) is 13.5. The molecule has 2 amide bonds. The summed E-state index contributed by atoms with van der Waals surface area (Å²) in [6, 6.07) is 16.1. The minimum absolute atomic E-state index is 0.152. The number of rotatable bonds is 6. The van der Waals surface area contributed by atoms with Crippen LogP contribution in [0.4, 0.5) is 5.69 Å². The van der Waals surface area contributed by atoms with E-state index in [1.54, 1.807) is 43.4 Å². The Morgan fingerprint density at radius 2 is 1.82 bits per heavy atom. The van der Waals surface area contributed by atoms with Crippen LogP contribution in [0.5, 0.6) is 0 Å². The van der Waals surface area contributed by atoms with Crippen molar-refractivity contribution in [1.29, 1.82) is 0 Å². The topological polar surface area (TPSA) is 49.4 Å². The summed E-state index contributed by atoms with van der Waals surface area (Å²) in [4.78, 5) is 27.5. The van der Waals surface area contributed by atoms with Crippen LogP contribution < -0.4 is 10.2 Å². The molecule has 0 bridgehead atoms. The van der Waals surface area contributed by atoms with Crippen LogP contribution in [0.15, 0.2) is 60.0 Å². The number of nitrogens with zero attached hydrogens (tertiary/aromatic N) is 1. The lowest BCUT2D eigenvalue weighted by Gasteiger charge is -2.20. The van der Waals surface area contributed by atoms with Gasteiger partial charge in [0.25, 0.3) is 11.8 Å². The number of nitrogens with one attached hydrogen (secondary N) is 1. The Kier molecular flexibility index (Phi) is 6.73. The molecule has 0 unspecified atom stereocenters. The molecule has 1 N–H and O–H groups in total. The van der Waals surface area contributed by atoms with Gasteiger partial charge in [-0.1, -0.05) is 53.5 Å². The zero-order valence-corrected chi connectivity index (χ0v) is 17.4. The van der Waals surface area contributed by atoms with Crippen LogP contribution in [0, 0.1) is 0 Å². The first kappa shape index (κ1) is 20.4. The number of thiophene rings is 1. The van der Waals surface area contributed by atoms with Gasteiger partial charge in [0.15, 0.2) is 0 Å². The van der Waals surface area contributed by atoms with Gasteiger partial charge in [0.05, 0.1) is 26.2 Å². The number of carbonyl (C=O) groups is 2. The largest absolute Gasteiger partial charge is 0.352 e. The lowest BCUT2D eigenvalue weighted by atomic mass is 10.1. The SMILES string of the molecule is CN(C(=O)c1cccs1)c1ccccc1C(=O)NCCc1cccc(Cl)c1Cl. The second-order valence-corrected chi connectivity index (χ2v) is 7.81. The fraction of sp³-hybridized carbons (Fsp3) is 0.143. The smallest absolute Gasteiger partial charge is 0.268 e.